The minimum absolute atomic E-state index is 0.273. The number of sulfone groups is 1. The van der Waals surface area contributed by atoms with Crippen LogP contribution in [0.1, 0.15) is 30.0 Å². The average molecular weight is 295 g/mol. The molecule has 2 aliphatic rings. The molecule has 1 fully saturated rings. The third kappa shape index (κ3) is 2.83. The van der Waals surface area contributed by atoms with E-state index in [0.29, 0.717) is 17.5 Å². The van der Waals surface area contributed by atoms with Gasteiger partial charge in [0.05, 0.1) is 18.6 Å². The zero-order chi connectivity index (χ0) is 14.2. The lowest BCUT2D eigenvalue weighted by atomic mass is 10.1. The van der Waals surface area contributed by atoms with Crippen LogP contribution in [0.15, 0.2) is 18.2 Å². The number of aryl methyl sites for hydroxylation is 1. The van der Waals surface area contributed by atoms with E-state index in [2.05, 4.69) is 17.4 Å². The number of benzene rings is 1. The summed E-state index contributed by atoms with van der Waals surface area (Å²) < 4.78 is 28.2. The summed E-state index contributed by atoms with van der Waals surface area (Å²) in [6.07, 6.45) is 2.97. The second-order valence-electron chi connectivity index (χ2n) is 5.83. The molecule has 0 radical (unpaired) electrons. The van der Waals surface area contributed by atoms with Gasteiger partial charge in [-0.1, -0.05) is 6.07 Å². The Labute approximate surface area is 120 Å². The molecule has 1 aliphatic carbocycles. The fourth-order valence-corrected chi connectivity index (χ4v) is 5.12. The average Bonchev–Trinajstić information content (AvgIpc) is 2.98. The SMILES string of the molecule is COc1ccc2c(c1)C(NCC1CCS(=O)(=O)C1)CC2. The van der Waals surface area contributed by atoms with Gasteiger partial charge in [-0.05, 0) is 55.0 Å². The third-order valence-electron chi connectivity index (χ3n) is 4.41. The monoisotopic (exact) mass is 295 g/mol. The maximum Gasteiger partial charge on any atom is 0.150 e. The van der Waals surface area contributed by atoms with Crippen molar-refractivity contribution in [3.05, 3.63) is 29.3 Å². The number of nitrogens with one attached hydrogen (secondary N) is 1. The number of ether oxygens (including phenoxy) is 1. The Morgan fingerprint density at radius 1 is 1.35 bits per heavy atom. The summed E-state index contributed by atoms with van der Waals surface area (Å²) in [4.78, 5) is 0. The highest BCUT2D eigenvalue weighted by Gasteiger charge is 2.29. The Bertz CT molecular complexity index is 597. The molecule has 1 aromatic rings. The van der Waals surface area contributed by atoms with Gasteiger partial charge in [-0.2, -0.15) is 0 Å². The first-order chi connectivity index (χ1) is 9.57. The van der Waals surface area contributed by atoms with E-state index in [1.54, 1.807) is 7.11 Å². The molecule has 2 atom stereocenters. The fourth-order valence-electron chi connectivity index (χ4n) is 3.26. The van der Waals surface area contributed by atoms with Crippen LogP contribution in [0.5, 0.6) is 5.75 Å². The topological polar surface area (TPSA) is 55.4 Å². The van der Waals surface area contributed by atoms with Crippen LogP contribution in [-0.4, -0.2) is 33.6 Å². The molecule has 5 heteroatoms. The molecule has 0 bridgehead atoms. The van der Waals surface area contributed by atoms with Crippen molar-refractivity contribution in [2.24, 2.45) is 5.92 Å². The first kappa shape index (κ1) is 13.9. The predicted octanol–water partition coefficient (Wildman–Crippen LogP) is 1.71. The first-order valence-corrected chi connectivity index (χ1v) is 9.00. The molecule has 2 unspecified atom stereocenters. The van der Waals surface area contributed by atoms with Gasteiger partial charge in [0, 0.05) is 6.04 Å². The van der Waals surface area contributed by atoms with Crippen LogP contribution in [0.2, 0.25) is 0 Å². The van der Waals surface area contributed by atoms with Gasteiger partial charge in [-0.15, -0.1) is 0 Å². The second-order valence-corrected chi connectivity index (χ2v) is 8.06. The fraction of sp³-hybridized carbons (Fsp3) is 0.600. The molecule has 1 heterocycles. The lowest BCUT2D eigenvalue weighted by Gasteiger charge is -2.17. The predicted molar refractivity (Wildman–Crippen MR) is 78.8 cm³/mol. The lowest BCUT2D eigenvalue weighted by Crippen LogP contribution is -2.26. The number of fused-ring (bicyclic) bond motifs is 1. The third-order valence-corrected chi connectivity index (χ3v) is 6.25. The Morgan fingerprint density at radius 2 is 2.20 bits per heavy atom. The van der Waals surface area contributed by atoms with E-state index in [-0.39, 0.29) is 5.92 Å². The smallest absolute Gasteiger partial charge is 0.150 e. The van der Waals surface area contributed by atoms with E-state index in [1.807, 2.05) is 6.07 Å². The highest BCUT2D eigenvalue weighted by atomic mass is 32.2. The molecular formula is C15H21NO3S. The highest BCUT2D eigenvalue weighted by molar-refractivity contribution is 7.91. The maximum atomic E-state index is 11.5. The molecule has 1 aliphatic heterocycles. The summed E-state index contributed by atoms with van der Waals surface area (Å²) in [5.74, 6) is 1.86. The van der Waals surface area contributed by atoms with Crippen LogP contribution in [0.3, 0.4) is 0 Å². The molecule has 0 saturated carbocycles. The normalized spacial score (nSPS) is 27.4. The Balaban J connectivity index is 1.63. The van der Waals surface area contributed by atoms with Crippen LogP contribution in [0.25, 0.3) is 0 Å². The molecule has 0 spiro atoms. The zero-order valence-electron chi connectivity index (χ0n) is 11.8. The summed E-state index contributed by atoms with van der Waals surface area (Å²) in [6, 6.07) is 6.58. The van der Waals surface area contributed by atoms with E-state index < -0.39 is 9.84 Å². The van der Waals surface area contributed by atoms with Crippen molar-refractivity contribution >= 4 is 9.84 Å². The minimum atomic E-state index is -2.77. The van der Waals surface area contributed by atoms with Crippen LogP contribution in [0.4, 0.5) is 0 Å². The van der Waals surface area contributed by atoms with Crippen LogP contribution in [0, 0.1) is 5.92 Å². The second kappa shape index (κ2) is 5.37. The molecule has 1 saturated heterocycles. The number of methoxy groups -OCH3 is 1. The summed E-state index contributed by atoms with van der Waals surface area (Å²) in [5.41, 5.74) is 2.69. The van der Waals surface area contributed by atoms with Crippen molar-refractivity contribution in [1.82, 2.24) is 5.32 Å². The first-order valence-electron chi connectivity index (χ1n) is 7.18. The van der Waals surface area contributed by atoms with Gasteiger partial charge in [0.25, 0.3) is 0 Å². The van der Waals surface area contributed by atoms with E-state index in [1.165, 1.54) is 11.1 Å². The number of hydrogen-bond donors (Lipinski definition) is 1. The van der Waals surface area contributed by atoms with E-state index in [9.17, 15) is 8.42 Å². The molecule has 20 heavy (non-hydrogen) atoms. The summed E-state index contributed by atoms with van der Waals surface area (Å²) >= 11 is 0. The van der Waals surface area contributed by atoms with Crippen molar-refractivity contribution in [3.63, 3.8) is 0 Å². The van der Waals surface area contributed by atoms with Crippen molar-refractivity contribution in [1.29, 1.82) is 0 Å². The Morgan fingerprint density at radius 3 is 2.90 bits per heavy atom. The van der Waals surface area contributed by atoms with Crippen molar-refractivity contribution in [2.75, 3.05) is 25.2 Å². The van der Waals surface area contributed by atoms with Crippen molar-refractivity contribution in [3.8, 4) is 5.75 Å². The van der Waals surface area contributed by atoms with Gasteiger partial charge in [-0.25, -0.2) is 8.42 Å². The molecule has 0 amide bonds. The van der Waals surface area contributed by atoms with E-state index >= 15 is 0 Å². The Hall–Kier alpha value is -1.07. The van der Waals surface area contributed by atoms with Crippen LogP contribution >= 0.6 is 0 Å². The lowest BCUT2D eigenvalue weighted by molar-refractivity contribution is 0.412. The van der Waals surface area contributed by atoms with Crippen molar-refractivity contribution in [2.45, 2.75) is 25.3 Å². The standard InChI is InChI=1S/C15H21NO3S/c1-19-13-4-2-12-3-5-15(14(12)8-13)16-9-11-6-7-20(17,18)10-11/h2,4,8,11,15-16H,3,5-7,9-10H2,1H3. The molecule has 1 N–H and O–H groups in total. The summed E-state index contributed by atoms with van der Waals surface area (Å²) in [5, 5.41) is 3.55. The van der Waals surface area contributed by atoms with Gasteiger partial charge in [0.15, 0.2) is 9.84 Å². The minimum Gasteiger partial charge on any atom is -0.497 e. The van der Waals surface area contributed by atoms with Crippen LogP contribution < -0.4 is 10.1 Å². The number of hydrogen-bond acceptors (Lipinski definition) is 4. The van der Waals surface area contributed by atoms with Gasteiger partial charge >= 0.3 is 0 Å². The quantitative estimate of drug-likeness (QED) is 0.919. The summed E-state index contributed by atoms with van der Waals surface area (Å²) in [7, 11) is -1.09. The molecule has 3 rings (SSSR count). The molecule has 4 nitrogen and oxygen atoms in total. The summed E-state index contributed by atoms with van der Waals surface area (Å²) in [6.45, 7) is 0.792. The van der Waals surface area contributed by atoms with Gasteiger partial charge in [-0.3, -0.25) is 0 Å². The van der Waals surface area contributed by atoms with E-state index in [4.69, 9.17) is 4.74 Å². The largest absolute Gasteiger partial charge is 0.497 e. The van der Waals surface area contributed by atoms with Crippen LogP contribution in [-0.2, 0) is 16.3 Å². The maximum absolute atomic E-state index is 11.5. The zero-order valence-corrected chi connectivity index (χ0v) is 12.6. The van der Waals surface area contributed by atoms with Gasteiger partial charge in [0.1, 0.15) is 5.75 Å². The highest BCUT2D eigenvalue weighted by Crippen LogP contribution is 2.34. The molecule has 110 valence electrons. The molecule has 0 aromatic heterocycles. The van der Waals surface area contributed by atoms with E-state index in [0.717, 1.165) is 31.6 Å². The molecular weight excluding hydrogens is 274 g/mol. The molecule has 1 aromatic carbocycles. The van der Waals surface area contributed by atoms with Gasteiger partial charge in [0.2, 0.25) is 0 Å². The number of rotatable bonds is 4. The Kier molecular flexibility index (Phi) is 3.73. The van der Waals surface area contributed by atoms with Gasteiger partial charge < -0.3 is 10.1 Å². The van der Waals surface area contributed by atoms with Crippen molar-refractivity contribution < 1.29 is 13.2 Å².